The highest BCUT2D eigenvalue weighted by Gasteiger charge is 2.12. The van der Waals surface area contributed by atoms with Crippen LogP contribution in [-0.2, 0) is 13.1 Å². The van der Waals surface area contributed by atoms with Crippen molar-refractivity contribution in [2.45, 2.75) is 20.0 Å². The number of aryl methyl sites for hydroxylation is 1. The molecule has 3 aromatic rings. The van der Waals surface area contributed by atoms with Crippen molar-refractivity contribution >= 4 is 23.5 Å². The smallest absolute Gasteiger partial charge is 0.254 e. The minimum absolute atomic E-state index is 0.223. The highest BCUT2D eigenvalue weighted by Crippen LogP contribution is 2.14. The zero-order valence-corrected chi connectivity index (χ0v) is 16.5. The summed E-state index contributed by atoms with van der Waals surface area (Å²) in [6.07, 6.45) is 1.53. The summed E-state index contributed by atoms with van der Waals surface area (Å²) in [6.45, 7) is 2.74. The Kier molecular flexibility index (Phi) is 6.45. The van der Waals surface area contributed by atoms with E-state index < -0.39 is 0 Å². The quantitative estimate of drug-likeness (QED) is 0.631. The molecule has 6 nitrogen and oxygen atoms in total. The second-order valence-electron chi connectivity index (χ2n) is 6.21. The second kappa shape index (κ2) is 9.19. The van der Waals surface area contributed by atoms with Crippen LogP contribution in [0.5, 0.6) is 5.75 Å². The molecule has 0 unspecified atom stereocenters. The van der Waals surface area contributed by atoms with Gasteiger partial charge in [0.2, 0.25) is 5.95 Å². The number of nitrogens with one attached hydrogen (secondary N) is 2. The SMILES string of the molecule is COc1ccc(CNc2ncc(C(=O)NCc3cccc(Cl)c3)c(C)n2)cc1. The number of nitrogens with zero attached hydrogens (tertiary/aromatic N) is 2. The molecule has 0 saturated carbocycles. The second-order valence-corrected chi connectivity index (χ2v) is 6.64. The van der Waals surface area contributed by atoms with Crippen molar-refractivity contribution in [1.29, 1.82) is 0 Å². The average molecular weight is 397 g/mol. The maximum atomic E-state index is 12.4. The number of amides is 1. The van der Waals surface area contributed by atoms with E-state index in [1.165, 1.54) is 6.20 Å². The lowest BCUT2D eigenvalue weighted by Gasteiger charge is -2.10. The van der Waals surface area contributed by atoms with Gasteiger partial charge in [0.1, 0.15) is 5.75 Å². The molecule has 0 aliphatic heterocycles. The first-order valence-electron chi connectivity index (χ1n) is 8.78. The molecule has 28 heavy (non-hydrogen) atoms. The van der Waals surface area contributed by atoms with Gasteiger partial charge in [-0.15, -0.1) is 0 Å². The summed E-state index contributed by atoms with van der Waals surface area (Å²) in [7, 11) is 1.64. The van der Waals surface area contributed by atoms with Gasteiger partial charge in [0.25, 0.3) is 5.91 Å². The summed E-state index contributed by atoms with van der Waals surface area (Å²) in [6, 6.07) is 15.1. The number of methoxy groups -OCH3 is 1. The van der Waals surface area contributed by atoms with Gasteiger partial charge in [-0.05, 0) is 42.3 Å². The Bertz CT molecular complexity index is 961. The fourth-order valence-corrected chi connectivity index (χ4v) is 2.84. The monoisotopic (exact) mass is 396 g/mol. The molecule has 144 valence electrons. The first kappa shape index (κ1) is 19.6. The van der Waals surface area contributed by atoms with E-state index in [9.17, 15) is 4.79 Å². The van der Waals surface area contributed by atoms with Crippen molar-refractivity contribution in [2.24, 2.45) is 0 Å². The summed E-state index contributed by atoms with van der Waals surface area (Å²) in [5.41, 5.74) is 3.05. The lowest BCUT2D eigenvalue weighted by Crippen LogP contribution is -2.24. The number of anilines is 1. The molecule has 0 aliphatic carbocycles. The third-order valence-electron chi connectivity index (χ3n) is 4.18. The summed E-state index contributed by atoms with van der Waals surface area (Å²) in [5.74, 6) is 1.06. The Labute approximate surface area is 168 Å². The summed E-state index contributed by atoms with van der Waals surface area (Å²) in [4.78, 5) is 21.1. The molecule has 1 aromatic heterocycles. The third kappa shape index (κ3) is 5.20. The Hall–Kier alpha value is -3.12. The number of hydrogen-bond donors (Lipinski definition) is 2. The van der Waals surface area contributed by atoms with E-state index in [2.05, 4.69) is 20.6 Å². The fourth-order valence-electron chi connectivity index (χ4n) is 2.62. The molecule has 0 saturated heterocycles. The number of benzene rings is 2. The Morgan fingerprint density at radius 2 is 1.89 bits per heavy atom. The predicted molar refractivity (Wildman–Crippen MR) is 110 cm³/mol. The van der Waals surface area contributed by atoms with Gasteiger partial charge >= 0.3 is 0 Å². The normalized spacial score (nSPS) is 10.4. The molecule has 7 heteroatoms. The number of hydrogen-bond acceptors (Lipinski definition) is 5. The van der Waals surface area contributed by atoms with Crippen LogP contribution in [0.1, 0.15) is 27.2 Å². The minimum atomic E-state index is -0.223. The van der Waals surface area contributed by atoms with Crippen LogP contribution >= 0.6 is 11.6 Å². The van der Waals surface area contributed by atoms with Crippen LogP contribution < -0.4 is 15.4 Å². The molecule has 0 fully saturated rings. The third-order valence-corrected chi connectivity index (χ3v) is 4.41. The summed E-state index contributed by atoms with van der Waals surface area (Å²) in [5, 5.41) is 6.66. The largest absolute Gasteiger partial charge is 0.497 e. The topological polar surface area (TPSA) is 76.1 Å². The zero-order chi connectivity index (χ0) is 19.9. The number of carbonyl (C=O) groups is 1. The van der Waals surface area contributed by atoms with Crippen LogP contribution in [0.2, 0.25) is 5.02 Å². The molecule has 1 amide bonds. The molecule has 0 radical (unpaired) electrons. The van der Waals surface area contributed by atoms with Gasteiger partial charge in [-0.3, -0.25) is 4.79 Å². The van der Waals surface area contributed by atoms with E-state index in [4.69, 9.17) is 16.3 Å². The molecule has 2 N–H and O–H groups in total. The van der Waals surface area contributed by atoms with Crippen molar-refractivity contribution in [1.82, 2.24) is 15.3 Å². The number of carbonyl (C=O) groups excluding carboxylic acids is 1. The standard InChI is InChI=1S/C21H21ClN4O2/c1-14-19(20(27)23-12-16-4-3-5-17(22)10-16)13-25-21(26-14)24-11-15-6-8-18(28-2)9-7-15/h3-10,13H,11-12H2,1-2H3,(H,23,27)(H,24,25,26). The van der Waals surface area contributed by atoms with Crippen molar-refractivity contribution < 1.29 is 9.53 Å². The average Bonchev–Trinajstić information content (AvgIpc) is 2.71. The van der Waals surface area contributed by atoms with E-state index >= 15 is 0 Å². The van der Waals surface area contributed by atoms with Gasteiger partial charge < -0.3 is 15.4 Å². The lowest BCUT2D eigenvalue weighted by atomic mass is 10.2. The summed E-state index contributed by atoms with van der Waals surface area (Å²) >= 11 is 5.96. The molecule has 0 atom stereocenters. The summed E-state index contributed by atoms with van der Waals surface area (Å²) < 4.78 is 5.15. The van der Waals surface area contributed by atoms with Crippen molar-refractivity contribution in [3.05, 3.63) is 82.1 Å². The van der Waals surface area contributed by atoms with Gasteiger partial charge in [0, 0.05) is 24.3 Å². The number of halogens is 1. The van der Waals surface area contributed by atoms with Gasteiger partial charge in [-0.1, -0.05) is 35.9 Å². The first-order valence-corrected chi connectivity index (χ1v) is 9.16. The number of aromatic nitrogens is 2. The van der Waals surface area contributed by atoms with Crippen LogP contribution in [0.25, 0.3) is 0 Å². The van der Waals surface area contributed by atoms with E-state index in [0.717, 1.165) is 16.9 Å². The Morgan fingerprint density at radius 1 is 1.11 bits per heavy atom. The molecule has 0 bridgehead atoms. The number of ether oxygens (including phenoxy) is 1. The maximum absolute atomic E-state index is 12.4. The lowest BCUT2D eigenvalue weighted by molar-refractivity contribution is 0.0949. The minimum Gasteiger partial charge on any atom is -0.497 e. The van der Waals surface area contributed by atoms with Gasteiger partial charge in [-0.25, -0.2) is 9.97 Å². The molecular weight excluding hydrogens is 376 g/mol. The Morgan fingerprint density at radius 3 is 2.57 bits per heavy atom. The maximum Gasteiger partial charge on any atom is 0.254 e. The van der Waals surface area contributed by atoms with Gasteiger partial charge in [0.05, 0.1) is 18.4 Å². The molecule has 3 rings (SSSR count). The first-order chi connectivity index (χ1) is 13.5. The fraction of sp³-hybridized carbons (Fsp3) is 0.190. The van der Waals surface area contributed by atoms with E-state index in [1.54, 1.807) is 20.1 Å². The molecular formula is C21H21ClN4O2. The van der Waals surface area contributed by atoms with Gasteiger partial charge in [-0.2, -0.15) is 0 Å². The van der Waals surface area contributed by atoms with Crippen LogP contribution in [-0.4, -0.2) is 23.0 Å². The highest BCUT2D eigenvalue weighted by atomic mass is 35.5. The van der Waals surface area contributed by atoms with Crippen molar-refractivity contribution in [3.63, 3.8) is 0 Å². The Balaban J connectivity index is 1.58. The van der Waals surface area contributed by atoms with E-state index in [-0.39, 0.29) is 5.91 Å². The van der Waals surface area contributed by atoms with Crippen LogP contribution in [0.4, 0.5) is 5.95 Å². The van der Waals surface area contributed by atoms with Crippen LogP contribution in [0.3, 0.4) is 0 Å². The molecule has 1 heterocycles. The van der Waals surface area contributed by atoms with Crippen LogP contribution in [0.15, 0.2) is 54.7 Å². The highest BCUT2D eigenvalue weighted by molar-refractivity contribution is 6.30. The molecule has 0 spiro atoms. The van der Waals surface area contributed by atoms with E-state index in [1.807, 2.05) is 42.5 Å². The molecule has 0 aliphatic rings. The van der Waals surface area contributed by atoms with Crippen LogP contribution in [0, 0.1) is 6.92 Å². The predicted octanol–water partition coefficient (Wildman–Crippen LogP) is 3.99. The van der Waals surface area contributed by atoms with Gasteiger partial charge in [0.15, 0.2) is 0 Å². The number of rotatable bonds is 7. The van der Waals surface area contributed by atoms with E-state index in [0.29, 0.717) is 35.3 Å². The van der Waals surface area contributed by atoms with Crippen molar-refractivity contribution in [3.8, 4) is 5.75 Å². The molecule has 2 aromatic carbocycles. The zero-order valence-electron chi connectivity index (χ0n) is 15.7. The van der Waals surface area contributed by atoms with Crippen molar-refractivity contribution in [2.75, 3.05) is 12.4 Å².